The monoisotopic (exact) mass is 914 g/mol. The standard InChI is InChI=1S/C55H66N2O8S/c1-2-30-63-55-50(57(54(60)39-24-25-39)37-41-18-14-17-38-15-6-7-21-44(38)41)36-48(56-65-51-23-10-13-31-62-51)46-34-40(16-8-11-28-58)45(22-9-12-29-59)52(53(46)55)47-35-42(26-27-49(47)64-55)61-32-33-66-43-19-4-3-5-20-43/h2-7,14-15,17-21,26-27,34-35,39-40,45,50-53,58-59H,1,8-13,16,22-25,28-33,36-37H2. The van der Waals surface area contributed by atoms with Gasteiger partial charge in [0.05, 0.1) is 31.5 Å². The fourth-order valence-corrected chi connectivity index (χ4v) is 11.8. The quantitative estimate of drug-likeness (QED) is 0.0344. The molecule has 2 heterocycles. The van der Waals surface area contributed by atoms with Gasteiger partial charge in [0.15, 0.2) is 0 Å². The summed E-state index contributed by atoms with van der Waals surface area (Å²) in [7, 11) is 0. The topological polar surface area (TPSA) is 119 Å². The summed E-state index contributed by atoms with van der Waals surface area (Å²) in [5.74, 6) is 0.629. The van der Waals surface area contributed by atoms with Crippen molar-refractivity contribution in [2.75, 3.05) is 38.8 Å². The third kappa shape index (κ3) is 10.3. The molecular formula is C55H66N2O8S. The number of oxime groups is 1. The van der Waals surface area contributed by atoms with E-state index in [2.05, 4.69) is 90.4 Å². The third-order valence-corrected chi connectivity index (χ3v) is 15.2. The van der Waals surface area contributed by atoms with Crippen molar-refractivity contribution in [3.05, 3.63) is 126 Å². The number of aliphatic hydroxyl groups excluding tert-OH is 2. The second-order valence-corrected chi connectivity index (χ2v) is 19.7. The average Bonchev–Trinajstić information content (AvgIpc) is 4.21. The van der Waals surface area contributed by atoms with Crippen LogP contribution >= 0.6 is 11.8 Å². The molecule has 0 bridgehead atoms. The molecule has 2 N–H and O–H groups in total. The Labute approximate surface area is 394 Å². The van der Waals surface area contributed by atoms with E-state index in [-0.39, 0.29) is 49.4 Å². The Kier molecular flexibility index (Phi) is 15.5. The minimum atomic E-state index is -1.34. The maximum absolute atomic E-state index is 15.2. The molecule has 3 aliphatic carbocycles. The van der Waals surface area contributed by atoms with Gasteiger partial charge in [-0.3, -0.25) is 4.79 Å². The van der Waals surface area contributed by atoms with Crippen LogP contribution in [0.25, 0.3) is 10.8 Å². The van der Waals surface area contributed by atoms with Crippen LogP contribution in [0.2, 0.25) is 0 Å². The molecule has 4 aromatic rings. The first-order valence-electron chi connectivity index (χ1n) is 24.4. The Morgan fingerprint density at radius 2 is 1.73 bits per heavy atom. The number of fused-ring (bicyclic) bond motifs is 3. The lowest BCUT2D eigenvalue weighted by molar-refractivity contribution is -0.258. The van der Waals surface area contributed by atoms with Crippen LogP contribution in [-0.2, 0) is 25.7 Å². The summed E-state index contributed by atoms with van der Waals surface area (Å²) in [5.41, 5.74) is 3.90. The van der Waals surface area contributed by atoms with Crippen LogP contribution in [0.3, 0.4) is 0 Å². The van der Waals surface area contributed by atoms with Gasteiger partial charge in [-0.15, -0.1) is 18.3 Å². The minimum absolute atomic E-state index is 0.0828. The SMILES string of the molecule is C=CCOC12Oc3ccc(OCCSc4ccccc4)cc3C3C(CCCCO)C(CCCCO)C=C(C(=NOC4CCCCO4)CC1N(Cc1cccc4ccccc14)C(=O)C1CC1)C32. The molecule has 2 saturated carbocycles. The number of ether oxygens (including phenoxy) is 4. The normalized spacial score (nSPS) is 26.2. The Bertz CT molecular complexity index is 2320. The summed E-state index contributed by atoms with van der Waals surface area (Å²) < 4.78 is 27.5. The molecule has 0 aromatic heterocycles. The van der Waals surface area contributed by atoms with Crippen molar-refractivity contribution in [3.63, 3.8) is 0 Å². The summed E-state index contributed by atoms with van der Waals surface area (Å²) in [4.78, 5) is 24.8. The number of thioether (sulfide) groups is 1. The number of unbranched alkanes of at least 4 members (excludes halogenated alkanes) is 2. The molecule has 0 spiro atoms. The lowest BCUT2D eigenvalue weighted by Gasteiger charge is -2.60. The van der Waals surface area contributed by atoms with Gasteiger partial charge >= 0.3 is 0 Å². The molecule has 7 atom stereocenters. The van der Waals surface area contributed by atoms with E-state index in [9.17, 15) is 10.2 Å². The van der Waals surface area contributed by atoms with Gasteiger partial charge < -0.3 is 38.9 Å². The van der Waals surface area contributed by atoms with E-state index < -0.39 is 24.0 Å². The van der Waals surface area contributed by atoms with Crippen LogP contribution in [0.4, 0.5) is 0 Å². The van der Waals surface area contributed by atoms with Crippen molar-refractivity contribution in [1.29, 1.82) is 0 Å². The highest BCUT2D eigenvalue weighted by Crippen LogP contribution is 2.62. The van der Waals surface area contributed by atoms with Gasteiger partial charge in [0.25, 0.3) is 0 Å². The number of rotatable bonds is 22. The number of aliphatic hydroxyl groups is 2. The Morgan fingerprint density at radius 1 is 0.924 bits per heavy atom. The van der Waals surface area contributed by atoms with Gasteiger partial charge in [0.1, 0.15) is 17.5 Å². The van der Waals surface area contributed by atoms with Crippen LogP contribution in [0.5, 0.6) is 11.5 Å². The molecule has 7 unspecified atom stereocenters. The van der Waals surface area contributed by atoms with E-state index >= 15 is 4.79 Å². The largest absolute Gasteiger partial charge is 0.493 e. The molecular weight excluding hydrogens is 849 g/mol. The maximum atomic E-state index is 15.2. The average molecular weight is 915 g/mol. The lowest BCUT2D eigenvalue weighted by Crippen LogP contribution is -2.70. The first kappa shape index (κ1) is 46.5. The number of nitrogens with zero attached hydrogens (tertiary/aromatic N) is 2. The summed E-state index contributed by atoms with van der Waals surface area (Å²) in [5, 5.41) is 27.4. The van der Waals surface area contributed by atoms with E-state index in [4.69, 9.17) is 28.9 Å². The van der Waals surface area contributed by atoms with Crippen molar-refractivity contribution in [2.45, 2.75) is 113 Å². The summed E-state index contributed by atoms with van der Waals surface area (Å²) in [6, 6.07) is 30.7. The lowest BCUT2D eigenvalue weighted by atomic mass is 9.55. The van der Waals surface area contributed by atoms with Crippen molar-refractivity contribution in [3.8, 4) is 11.5 Å². The number of allylic oxidation sites excluding steroid dienone is 1. The molecule has 350 valence electrons. The molecule has 4 aromatic carbocycles. The van der Waals surface area contributed by atoms with E-state index in [1.54, 1.807) is 17.8 Å². The molecule has 3 fully saturated rings. The molecule has 1 amide bonds. The minimum Gasteiger partial charge on any atom is -0.493 e. The summed E-state index contributed by atoms with van der Waals surface area (Å²) >= 11 is 1.77. The highest BCUT2D eigenvalue weighted by molar-refractivity contribution is 7.99. The van der Waals surface area contributed by atoms with Gasteiger partial charge in [-0.05, 0) is 115 Å². The van der Waals surface area contributed by atoms with Crippen molar-refractivity contribution >= 4 is 34.2 Å². The molecule has 66 heavy (non-hydrogen) atoms. The van der Waals surface area contributed by atoms with Crippen molar-refractivity contribution in [1.82, 2.24) is 4.90 Å². The molecule has 10 nitrogen and oxygen atoms in total. The highest BCUT2D eigenvalue weighted by atomic mass is 32.2. The van der Waals surface area contributed by atoms with Crippen LogP contribution in [-0.4, -0.2) is 83.6 Å². The van der Waals surface area contributed by atoms with Crippen molar-refractivity contribution < 1.29 is 38.8 Å². The number of benzene rings is 4. The van der Waals surface area contributed by atoms with Crippen molar-refractivity contribution in [2.24, 2.45) is 28.8 Å². The number of carbonyl (C=O) groups is 1. The van der Waals surface area contributed by atoms with Gasteiger partial charge in [-0.25, -0.2) is 0 Å². The zero-order chi connectivity index (χ0) is 45.3. The molecule has 0 radical (unpaired) electrons. The van der Waals surface area contributed by atoms with Gasteiger partial charge in [0.2, 0.25) is 18.0 Å². The van der Waals surface area contributed by atoms with Gasteiger partial charge in [-0.1, -0.05) is 90.8 Å². The van der Waals surface area contributed by atoms with Gasteiger partial charge in [-0.2, -0.15) is 0 Å². The number of hydrogen-bond donors (Lipinski definition) is 2. The van der Waals surface area contributed by atoms with Crippen LogP contribution in [0, 0.1) is 23.7 Å². The summed E-state index contributed by atoms with van der Waals surface area (Å²) in [6.07, 6.45) is 13.3. The Hall–Kier alpha value is -4.65. The highest BCUT2D eigenvalue weighted by Gasteiger charge is 2.66. The first-order chi connectivity index (χ1) is 32.5. The maximum Gasteiger partial charge on any atom is 0.239 e. The van der Waals surface area contributed by atoms with E-state index in [0.717, 1.165) is 108 Å². The molecule has 1 saturated heterocycles. The second-order valence-electron chi connectivity index (χ2n) is 18.6. The first-order valence-corrected chi connectivity index (χ1v) is 25.4. The summed E-state index contributed by atoms with van der Waals surface area (Å²) in [6.45, 7) is 6.10. The predicted octanol–water partition coefficient (Wildman–Crippen LogP) is 10.6. The fourth-order valence-electron chi connectivity index (χ4n) is 11.0. The van der Waals surface area contributed by atoms with Crippen LogP contribution in [0.15, 0.2) is 125 Å². The van der Waals surface area contributed by atoms with Crippen LogP contribution in [0.1, 0.15) is 94.1 Å². The zero-order valence-corrected chi connectivity index (χ0v) is 39.0. The van der Waals surface area contributed by atoms with E-state index in [0.29, 0.717) is 39.0 Å². The smallest absolute Gasteiger partial charge is 0.239 e. The Morgan fingerprint density at radius 3 is 2.52 bits per heavy atom. The Balaban J connectivity index is 1.20. The molecule has 2 aliphatic heterocycles. The van der Waals surface area contributed by atoms with Crippen LogP contribution < -0.4 is 9.47 Å². The number of hydrogen-bond acceptors (Lipinski definition) is 10. The predicted molar refractivity (Wildman–Crippen MR) is 260 cm³/mol. The molecule has 5 aliphatic rings. The molecule has 9 rings (SSSR count). The molecule has 11 heteroatoms. The van der Waals surface area contributed by atoms with Gasteiger partial charge in [0, 0.05) is 60.6 Å². The number of amides is 1. The zero-order valence-electron chi connectivity index (χ0n) is 38.1. The third-order valence-electron chi connectivity index (χ3n) is 14.2. The number of carbonyl (C=O) groups excluding carboxylic acids is 1. The van der Waals surface area contributed by atoms with E-state index in [1.165, 1.54) is 4.90 Å². The fraction of sp³-hybridized carbons (Fsp3) is 0.491. The van der Waals surface area contributed by atoms with E-state index in [1.807, 2.05) is 18.2 Å². The second kappa shape index (κ2) is 22.0.